The molecule has 1 aliphatic rings. The third-order valence-electron chi connectivity index (χ3n) is 7.13. The number of oxime groups is 1. The lowest BCUT2D eigenvalue weighted by Crippen LogP contribution is -2.50. The average Bonchev–Trinajstić information content (AvgIpc) is 3.51. The summed E-state index contributed by atoms with van der Waals surface area (Å²) in [5.74, 6) is 0.423. The number of piperidine rings is 1. The third kappa shape index (κ3) is 7.96. The first-order valence-electron chi connectivity index (χ1n) is 14.5. The van der Waals surface area contributed by atoms with Crippen LogP contribution in [0.3, 0.4) is 0 Å². The van der Waals surface area contributed by atoms with E-state index in [1.807, 2.05) is 30.3 Å². The van der Waals surface area contributed by atoms with Crippen LogP contribution >= 0.6 is 0 Å². The van der Waals surface area contributed by atoms with Gasteiger partial charge in [0.05, 0.1) is 23.6 Å². The number of nitrogens with one attached hydrogen (secondary N) is 2. The minimum absolute atomic E-state index is 0.0380. The van der Waals surface area contributed by atoms with Crippen molar-refractivity contribution in [2.24, 2.45) is 10.9 Å². The standard InChI is InChI=1S/C31H34N6O7S/c32-29(26-12-6-7-17-37(26)45(40,41)30-34-24-10-4-5-11-25(24)35-30)36-44-28-20-22(15-18-38)13-14-27(28)42-19-16-33-31(39)43-21-23-8-2-1-3-9-23/h1-5,8-11,13-14,18,20,26H,6-7,12,15-17,19,21H2,(H2,32,36)(H,33,39)(H,34,35). The summed E-state index contributed by atoms with van der Waals surface area (Å²) in [5, 5.41) is 6.54. The lowest BCUT2D eigenvalue weighted by Gasteiger charge is -2.33. The van der Waals surface area contributed by atoms with Crippen LogP contribution in [0.15, 0.2) is 83.1 Å². The Labute approximate surface area is 260 Å². The number of amidine groups is 1. The molecule has 1 unspecified atom stereocenters. The number of aldehydes is 1. The molecule has 14 heteroatoms. The highest BCUT2D eigenvalue weighted by atomic mass is 32.2. The number of ether oxygens (including phenoxy) is 2. The molecule has 0 spiro atoms. The van der Waals surface area contributed by atoms with Gasteiger partial charge in [-0.1, -0.05) is 60.1 Å². The molecule has 0 aliphatic carbocycles. The number of nitrogens with zero attached hydrogens (tertiary/aromatic N) is 3. The zero-order valence-electron chi connectivity index (χ0n) is 24.4. The molecule has 236 valence electrons. The maximum Gasteiger partial charge on any atom is 0.407 e. The van der Waals surface area contributed by atoms with Gasteiger partial charge in [0.15, 0.2) is 17.3 Å². The van der Waals surface area contributed by atoms with Crippen LogP contribution in [-0.4, -0.2) is 66.6 Å². The molecule has 1 aliphatic heterocycles. The number of hydrogen-bond donors (Lipinski definition) is 3. The monoisotopic (exact) mass is 634 g/mol. The van der Waals surface area contributed by atoms with Gasteiger partial charge in [0.2, 0.25) is 5.16 Å². The highest BCUT2D eigenvalue weighted by Crippen LogP contribution is 2.30. The number of para-hydroxylation sites is 2. The van der Waals surface area contributed by atoms with Crippen LogP contribution < -0.4 is 20.6 Å². The van der Waals surface area contributed by atoms with Crippen molar-refractivity contribution in [1.82, 2.24) is 19.6 Å². The number of aromatic nitrogens is 2. The molecular formula is C31H34N6O7S. The number of rotatable bonds is 13. The second kappa shape index (κ2) is 14.7. The smallest absolute Gasteiger partial charge is 0.407 e. The summed E-state index contributed by atoms with van der Waals surface area (Å²) in [4.78, 5) is 36.0. The van der Waals surface area contributed by atoms with E-state index in [9.17, 15) is 18.0 Å². The molecule has 1 fully saturated rings. The van der Waals surface area contributed by atoms with Crippen molar-refractivity contribution in [3.8, 4) is 11.5 Å². The van der Waals surface area contributed by atoms with Gasteiger partial charge in [0.1, 0.15) is 19.5 Å². The lowest BCUT2D eigenvalue weighted by molar-refractivity contribution is -0.107. The van der Waals surface area contributed by atoms with E-state index in [0.717, 1.165) is 18.3 Å². The van der Waals surface area contributed by atoms with E-state index >= 15 is 0 Å². The number of benzene rings is 3. The SMILES string of the molecule is NC(=NOc1cc(CC=O)ccc1OCCNC(=O)OCc1ccccc1)C1CCCCN1S(=O)(=O)c1nc2ccccc2[nH]1. The molecule has 4 N–H and O–H groups in total. The quantitative estimate of drug-likeness (QED) is 0.0653. The molecule has 1 saturated heterocycles. The molecule has 0 saturated carbocycles. The molecule has 0 bridgehead atoms. The number of imidazole rings is 1. The van der Waals surface area contributed by atoms with Crippen molar-refractivity contribution < 1.29 is 32.3 Å². The van der Waals surface area contributed by atoms with Gasteiger partial charge in [-0.25, -0.2) is 18.2 Å². The number of fused-ring (bicyclic) bond motifs is 1. The summed E-state index contributed by atoms with van der Waals surface area (Å²) in [6.07, 6.45) is 2.15. The van der Waals surface area contributed by atoms with Crippen LogP contribution in [0.1, 0.15) is 30.4 Å². The highest BCUT2D eigenvalue weighted by molar-refractivity contribution is 7.89. The lowest BCUT2D eigenvalue weighted by atomic mass is 10.0. The molecule has 45 heavy (non-hydrogen) atoms. The van der Waals surface area contributed by atoms with E-state index in [1.54, 1.807) is 42.5 Å². The largest absolute Gasteiger partial charge is 0.488 e. The Bertz CT molecular complexity index is 1730. The Hall–Kier alpha value is -4.95. The zero-order chi connectivity index (χ0) is 31.6. The van der Waals surface area contributed by atoms with Crippen molar-refractivity contribution in [3.63, 3.8) is 0 Å². The molecular weight excluding hydrogens is 600 g/mol. The molecule has 0 radical (unpaired) electrons. The summed E-state index contributed by atoms with van der Waals surface area (Å²) in [5.41, 5.74) is 9.00. The first kappa shape index (κ1) is 31.5. The number of carbonyl (C=O) groups excluding carboxylic acids is 2. The van der Waals surface area contributed by atoms with Gasteiger partial charge in [-0.15, -0.1) is 0 Å². The van der Waals surface area contributed by atoms with Crippen LogP contribution in [-0.2, 0) is 32.6 Å². The molecule has 2 heterocycles. The fourth-order valence-electron chi connectivity index (χ4n) is 4.87. The number of H-pyrrole nitrogens is 1. The molecule has 5 rings (SSSR count). The van der Waals surface area contributed by atoms with E-state index in [-0.39, 0.29) is 55.2 Å². The highest BCUT2D eigenvalue weighted by Gasteiger charge is 2.38. The van der Waals surface area contributed by atoms with E-state index in [4.69, 9.17) is 20.0 Å². The maximum atomic E-state index is 13.6. The van der Waals surface area contributed by atoms with Crippen molar-refractivity contribution in [3.05, 3.63) is 83.9 Å². The van der Waals surface area contributed by atoms with Crippen molar-refractivity contribution >= 4 is 39.3 Å². The van der Waals surface area contributed by atoms with Crippen LogP contribution in [0.25, 0.3) is 11.0 Å². The van der Waals surface area contributed by atoms with Crippen LogP contribution in [0.4, 0.5) is 4.79 Å². The van der Waals surface area contributed by atoms with E-state index in [2.05, 4.69) is 20.4 Å². The molecule has 13 nitrogen and oxygen atoms in total. The first-order chi connectivity index (χ1) is 21.8. The van der Waals surface area contributed by atoms with Gasteiger partial charge in [0.25, 0.3) is 10.0 Å². The van der Waals surface area contributed by atoms with E-state index in [0.29, 0.717) is 29.4 Å². The average molecular weight is 635 g/mol. The van der Waals surface area contributed by atoms with Crippen molar-refractivity contribution in [1.29, 1.82) is 0 Å². The molecule has 3 aromatic carbocycles. The minimum Gasteiger partial charge on any atom is -0.488 e. The fraction of sp³-hybridized carbons (Fsp3) is 0.290. The summed E-state index contributed by atoms with van der Waals surface area (Å²) in [7, 11) is -4.02. The van der Waals surface area contributed by atoms with E-state index < -0.39 is 22.2 Å². The number of carbonyl (C=O) groups is 2. The number of aromatic amines is 1. The van der Waals surface area contributed by atoms with Crippen LogP contribution in [0.5, 0.6) is 11.5 Å². The number of amides is 1. The predicted octanol–water partition coefficient (Wildman–Crippen LogP) is 3.50. The normalized spacial score (nSPS) is 15.8. The summed E-state index contributed by atoms with van der Waals surface area (Å²) >= 11 is 0. The third-order valence-corrected chi connectivity index (χ3v) is 8.87. The zero-order valence-corrected chi connectivity index (χ0v) is 25.2. The van der Waals surface area contributed by atoms with Gasteiger partial charge >= 0.3 is 6.09 Å². The van der Waals surface area contributed by atoms with Crippen LogP contribution in [0, 0.1) is 0 Å². The van der Waals surface area contributed by atoms with Crippen molar-refractivity contribution in [2.75, 3.05) is 19.7 Å². The fourth-order valence-corrected chi connectivity index (χ4v) is 6.46. The summed E-state index contributed by atoms with van der Waals surface area (Å²) in [6.45, 7) is 0.603. The topological polar surface area (TPSA) is 178 Å². The number of hydrogen-bond acceptors (Lipinski definition) is 9. The second-order valence-corrected chi connectivity index (χ2v) is 12.1. The summed E-state index contributed by atoms with van der Waals surface area (Å²) in [6, 6.07) is 20.5. The van der Waals surface area contributed by atoms with Gasteiger partial charge in [0, 0.05) is 13.0 Å². The number of sulfonamides is 1. The molecule has 1 atom stereocenters. The first-order valence-corrected chi connectivity index (χ1v) is 15.9. The Morgan fingerprint density at radius 3 is 2.67 bits per heavy atom. The van der Waals surface area contributed by atoms with Gasteiger partial charge in [-0.05, 0) is 48.2 Å². The second-order valence-electron chi connectivity index (χ2n) is 10.3. The number of alkyl carbamates (subject to hydrolysis) is 1. The van der Waals surface area contributed by atoms with Gasteiger partial charge in [-0.2, -0.15) is 4.31 Å². The van der Waals surface area contributed by atoms with Crippen LogP contribution in [0.2, 0.25) is 0 Å². The molecule has 1 aromatic heterocycles. The van der Waals surface area contributed by atoms with E-state index in [1.165, 1.54) is 4.31 Å². The minimum atomic E-state index is -4.02. The Morgan fingerprint density at radius 2 is 1.87 bits per heavy atom. The maximum absolute atomic E-state index is 13.6. The van der Waals surface area contributed by atoms with Gasteiger partial charge in [-0.3, -0.25) is 0 Å². The summed E-state index contributed by atoms with van der Waals surface area (Å²) < 4.78 is 39.5. The molecule has 1 amide bonds. The Morgan fingerprint density at radius 1 is 1.07 bits per heavy atom. The predicted molar refractivity (Wildman–Crippen MR) is 166 cm³/mol. The Balaban J connectivity index is 1.24. The Kier molecular flexibility index (Phi) is 10.3. The van der Waals surface area contributed by atoms with Crippen molar-refractivity contribution in [2.45, 2.75) is 43.5 Å². The number of nitrogens with two attached hydrogens (primary N) is 1. The van der Waals surface area contributed by atoms with Gasteiger partial charge < -0.3 is 35.1 Å². The molecule has 4 aromatic rings.